The Bertz CT molecular complexity index is 372. The number of carbonyl (C=O) groups is 1. The second kappa shape index (κ2) is 5.47. The Labute approximate surface area is 101 Å². The van der Waals surface area contributed by atoms with Crippen molar-refractivity contribution in [3.05, 3.63) is 28.5 Å². The number of hydrogen-bond acceptors (Lipinski definition) is 1. The van der Waals surface area contributed by atoms with Crippen LogP contribution in [0.2, 0.25) is 0 Å². The van der Waals surface area contributed by atoms with E-state index >= 15 is 0 Å². The molecule has 1 unspecified atom stereocenters. The average molecular weight is 295 g/mol. The lowest BCUT2D eigenvalue weighted by atomic mass is 10.2. The van der Waals surface area contributed by atoms with E-state index in [0.717, 1.165) is 0 Å². The fraction of sp³-hybridized carbons (Fsp3) is 0.300. The molecule has 1 amide bonds. The molecule has 0 saturated carbocycles. The fourth-order valence-corrected chi connectivity index (χ4v) is 1.39. The molecule has 0 bridgehead atoms. The maximum absolute atomic E-state index is 13.3. The summed E-state index contributed by atoms with van der Waals surface area (Å²) < 4.78 is 13.9. The van der Waals surface area contributed by atoms with Crippen LogP contribution in [0.3, 0.4) is 0 Å². The molecule has 0 radical (unpaired) electrons. The smallest absolute Gasteiger partial charge is 0.228 e. The van der Waals surface area contributed by atoms with E-state index in [1.807, 2.05) is 0 Å². The standard InChI is InChI=1S/C10H10BrClFNO/c1-6(5-12)10(15)14-9-3-2-7(11)4-8(9)13/h2-4,6H,5H2,1H3,(H,14,15). The normalized spacial score (nSPS) is 12.3. The zero-order valence-electron chi connectivity index (χ0n) is 8.06. The summed E-state index contributed by atoms with van der Waals surface area (Å²) in [5, 5.41) is 2.47. The molecule has 1 aromatic rings. The van der Waals surface area contributed by atoms with E-state index in [1.165, 1.54) is 12.1 Å². The highest BCUT2D eigenvalue weighted by Gasteiger charge is 2.13. The van der Waals surface area contributed by atoms with Crippen LogP contribution in [0.4, 0.5) is 10.1 Å². The Kier molecular flexibility index (Phi) is 4.54. The van der Waals surface area contributed by atoms with Crippen LogP contribution in [0.5, 0.6) is 0 Å². The van der Waals surface area contributed by atoms with Crippen molar-refractivity contribution in [3.8, 4) is 0 Å². The highest BCUT2D eigenvalue weighted by molar-refractivity contribution is 9.10. The molecule has 0 heterocycles. The van der Waals surface area contributed by atoms with Crippen LogP contribution in [0, 0.1) is 11.7 Å². The monoisotopic (exact) mass is 293 g/mol. The molecule has 1 aromatic carbocycles. The summed E-state index contributed by atoms with van der Waals surface area (Å²) in [4.78, 5) is 11.4. The summed E-state index contributed by atoms with van der Waals surface area (Å²) in [6, 6.07) is 4.45. The third-order valence-corrected chi connectivity index (χ3v) is 2.82. The van der Waals surface area contributed by atoms with Gasteiger partial charge in [-0.2, -0.15) is 0 Å². The van der Waals surface area contributed by atoms with Crippen molar-refractivity contribution in [2.24, 2.45) is 5.92 Å². The number of carbonyl (C=O) groups excluding carboxylic acids is 1. The van der Waals surface area contributed by atoms with E-state index in [-0.39, 0.29) is 23.4 Å². The first-order valence-corrected chi connectivity index (χ1v) is 5.69. The maximum atomic E-state index is 13.3. The number of anilines is 1. The summed E-state index contributed by atoms with van der Waals surface area (Å²) >= 11 is 8.65. The summed E-state index contributed by atoms with van der Waals surface area (Å²) in [6.07, 6.45) is 0. The van der Waals surface area contributed by atoms with Crippen molar-refractivity contribution in [1.29, 1.82) is 0 Å². The van der Waals surface area contributed by atoms with Crippen molar-refractivity contribution < 1.29 is 9.18 Å². The second-order valence-corrected chi connectivity index (χ2v) is 4.39. The number of amides is 1. The van der Waals surface area contributed by atoms with Gasteiger partial charge in [0.15, 0.2) is 0 Å². The summed E-state index contributed by atoms with van der Waals surface area (Å²) in [7, 11) is 0. The number of hydrogen-bond donors (Lipinski definition) is 1. The van der Waals surface area contributed by atoms with E-state index in [9.17, 15) is 9.18 Å². The summed E-state index contributed by atoms with van der Waals surface area (Å²) in [5.74, 6) is -0.885. The van der Waals surface area contributed by atoms with Crippen LogP contribution < -0.4 is 5.32 Å². The van der Waals surface area contributed by atoms with Gasteiger partial charge in [-0.15, -0.1) is 11.6 Å². The van der Waals surface area contributed by atoms with Crippen LogP contribution in [0.1, 0.15) is 6.92 Å². The topological polar surface area (TPSA) is 29.1 Å². The highest BCUT2D eigenvalue weighted by atomic mass is 79.9. The van der Waals surface area contributed by atoms with Crippen molar-refractivity contribution >= 4 is 39.1 Å². The predicted molar refractivity (Wildman–Crippen MR) is 62.6 cm³/mol. The zero-order chi connectivity index (χ0) is 11.4. The van der Waals surface area contributed by atoms with E-state index in [1.54, 1.807) is 13.0 Å². The molecule has 0 aliphatic heterocycles. The molecule has 0 aromatic heterocycles. The Balaban J connectivity index is 2.77. The van der Waals surface area contributed by atoms with Gasteiger partial charge in [0.25, 0.3) is 0 Å². The third kappa shape index (κ3) is 3.47. The van der Waals surface area contributed by atoms with Crippen molar-refractivity contribution in [1.82, 2.24) is 0 Å². The molecule has 1 atom stereocenters. The van der Waals surface area contributed by atoms with E-state index in [2.05, 4.69) is 21.2 Å². The molecule has 2 nitrogen and oxygen atoms in total. The Morgan fingerprint density at radius 1 is 1.67 bits per heavy atom. The van der Waals surface area contributed by atoms with Gasteiger partial charge in [0, 0.05) is 16.3 Å². The van der Waals surface area contributed by atoms with Gasteiger partial charge in [0.1, 0.15) is 5.82 Å². The summed E-state index contributed by atoms with van der Waals surface area (Å²) in [6.45, 7) is 1.68. The lowest BCUT2D eigenvalue weighted by Crippen LogP contribution is -2.21. The predicted octanol–water partition coefficient (Wildman–Crippen LogP) is 3.40. The molecule has 82 valence electrons. The third-order valence-electron chi connectivity index (χ3n) is 1.87. The van der Waals surface area contributed by atoms with Gasteiger partial charge >= 0.3 is 0 Å². The summed E-state index contributed by atoms with van der Waals surface area (Å²) in [5.41, 5.74) is 0.167. The number of alkyl halides is 1. The first kappa shape index (κ1) is 12.5. The SMILES string of the molecule is CC(CCl)C(=O)Nc1ccc(Br)cc1F. The lowest BCUT2D eigenvalue weighted by molar-refractivity contribution is -0.118. The Morgan fingerprint density at radius 3 is 2.87 bits per heavy atom. The largest absolute Gasteiger partial charge is 0.323 e. The zero-order valence-corrected chi connectivity index (χ0v) is 10.4. The van der Waals surface area contributed by atoms with Crippen LogP contribution in [0.15, 0.2) is 22.7 Å². The van der Waals surface area contributed by atoms with Crippen LogP contribution in [0.25, 0.3) is 0 Å². The van der Waals surface area contributed by atoms with Gasteiger partial charge < -0.3 is 5.32 Å². The minimum absolute atomic E-state index is 0.167. The molecule has 0 saturated heterocycles. The molecule has 0 aliphatic carbocycles. The minimum atomic E-state index is -0.473. The fourth-order valence-electron chi connectivity index (χ4n) is 0.917. The first-order valence-electron chi connectivity index (χ1n) is 4.36. The van der Waals surface area contributed by atoms with Crippen LogP contribution in [-0.2, 0) is 4.79 Å². The van der Waals surface area contributed by atoms with Gasteiger partial charge in [0.05, 0.1) is 5.69 Å². The van der Waals surface area contributed by atoms with Crippen LogP contribution in [-0.4, -0.2) is 11.8 Å². The minimum Gasteiger partial charge on any atom is -0.323 e. The number of benzene rings is 1. The lowest BCUT2D eigenvalue weighted by Gasteiger charge is -2.09. The molecular formula is C10H10BrClFNO. The van der Waals surface area contributed by atoms with E-state index in [0.29, 0.717) is 4.47 Å². The number of nitrogens with one attached hydrogen (secondary N) is 1. The Hall–Kier alpha value is -0.610. The molecule has 0 spiro atoms. The van der Waals surface area contributed by atoms with Crippen molar-refractivity contribution in [2.75, 3.05) is 11.2 Å². The van der Waals surface area contributed by atoms with Gasteiger partial charge in [-0.05, 0) is 18.2 Å². The Morgan fingerprint density at radius 2 is 2.33 bits per heavy atom. The van der Waals surface area contributed by atoms with Gasteiger partial charge in [-0.1, -0.05) is 22.9 Å². The highest BCUT2D eigenvalue weighted by Crippen LogP contribution is 2.19. The van der Waals surface area contributed by atoms with Crippen molar-refractivity contribution in [2.45, 2.75) is 6.92 Å². The molecule has 1 N–H and O–H groups in total. The molecule has 1 rings (SSSR count). The van der Waals surface area contributed by atoms with Gasteiger partial charge in [0.2, 0.25) is 5.91 Å². The van der Waals surface area contributed by atoms with Crippen LogP contribution >= 0.6 is 27.5 Å². The van der Waals surface area contributed by atoms with Gasteiger partial charge in [-0.3, -0.25) is 4.79 Å². The number of halogens is 3. The van der Waals surface area contributed by atoms with Gasteiger partial charge in [-0.25, -0.2) is 4.39 Å². The quantitative estimate of drug-likeness (QED) is 0.851. The number of rotatable bonds is 3. The average Bonchev–Trinajstić information content (AvgIpc) is 2.20. The molecule has 0 fully saturated rings. The molecule has 15 heavy (non-hydrogen) atoms. The first-order chi connectivity index (χ1) is 7.04. The maximum Gasteiger partial charge on any atom is 0.228 e. The van der Waals surface area contributed by atoms with E-state index in [4.69, 9.17) is 11.6 Å². The second-order valence-electron chi connectivity index (χ2n) is 3.17. The molecular weight excluding hydrogens is 284 g/mol. The molecule has 0 aliphatic rings. The molecule has 5 heteroatoms. The van der Waals surface area contributed by atoms with Crippen molar-refractivity contribution in [3.63, 3.8) is 0 Å². The van der Waals surface area contributed by atoms with E-state index < -0.39 is 5.82 Å².